The maximum atomic E-state index is 12.7. The molecule has 0 radical (unpaired) electrons. The number of nitrogens with zero attached hydrogens (tertiary/aromatic N) is 3. The van der Waals surface area contributed by atoms with Gasteiger partial charge in [-0.1, -0.05) is 25.1 Å². The summed E-state index contributed by atoms with van der Waals surface area (Å²) >= 11 is 0. The predicted octanol–water partition coefficient (Wildman–Crippen LogP) is 4.58. The van der Waals surface area contributed by atoms with Gasteiger partial charge in [-0.05, 0) is 61.6 Å². The van der Waals surface area contributed by atoms with Crippen molar-refractivity contribution in [2.45, 2.75) is 26.7 Å². The zero-order valence-electron chi connectivity index (χ0n) is 15.7. The van der Waals surface area contributed by atoms with Gasteiger partial charge in [-0.25, -0.2) is 0 Å². The van der Waals surface area contributed by atoms with Crippen LogP contribution in [0.1, 0.15) is 35.7 Å². The molecule has 27 heavy (non-hydrogen) atoms. The molecule has 5 heteroatoms. The van der Waals surface area contributed by atoms with E-state index in [9.17, 15) is 4.79 Å². The van der Waals surface area contributed by atoms with Crippen LogP contribution in [0.2, 0.25) is 0 Å². The molecule has 138 valence electrons. The Kier molecular flexibility index (Phi) is 4.75. The highest BCUT2D eigenvalue weighted by molar-refractivity contribution is 5.94. The lowest BCUT2D eigenvalue weighted by Crippen LogP contribution is -2.39. The monoisotopic (exact) mass is 361 g/mol. The van der Waals surface area contributed by atoms with Crippen molar-refractivity contribution < 1.29 is 9.21 Å². The number of rotatable bonds is 3. The smallest absolute Gasteiger partial charge is 0.253 e. The standard InChI is InChI=1S/C22H23N3O2/c1-15-6-5-13-25(14-15)22(26)18-11-9-17(10-12-18)20-23-24-21(27-20)19-8-4-3-7-16(19)2/h3-4,7-12,15H,5-6,13-14H2,1-2H3/t15-/m0/s1. The predicted molar refractivity (Wildman–Crippen MR) is 104 cm³/mol. The first-order chi connectivity index (χ1) is 13.1. The van der Waals surface area contributed by atoms with Crippen LogP contribution in [0, 0.1) is 12.8 Å². The van der Waals surface area contributed by atoms with Gasteiger partial charge in [-0.3, -0.25) is 4.79 Å². The summed E-state index contributed by atoms with van der Waals surface area (Å²) in [6.45, 7) is 5.89. The summed E-state index contributed by atoms with van der Waals surface area (Å²) in [5.74, 6) is 1.63. The lowest BCUT2D eigenvalue weighted by Gasteiger charge is -2.31. The van der Waals surface area contributed by atoms with Crippen molar-refractivity contribution in [3.63, 3.8) is 0 Å². The molecule has 0 unspecified atom stereocenters. The minimum atomic E-state index is 0.0965. The van der Waals surface area contributed by atoms with E-state index < -0.39 is 0 Å². The van der Waals surface area contributed by atoms with Crippen molar-refractivity contribution in [2.24, 2.45) is 5.92 Å². The topological polar surface area (TPSA) is 59.2 Å². The molecule has 1 fully saturated rings. The highest BCUT2D eigenvalue weighted by atomic mass is 16.4. The minimum Gasteiger partial charge on any atom is -0.416 e. The second-order valence-corrected chi connectivity index (χ2v) is 7.30. The normalized spacial score (nSPS) is 17.1. The molecule has 1 saturated heterocycles. The summed E-state index contributed by atoms with van der Waals surface area (Å²) in [5, 5.41) is 8.34. The van der Waals surface area contributed by atoms with E-state index in [0.717, 1.165) is 36.2 Å². The molecule has 0 N–H and O–H groups in total. The van der Waals surface area contributed by atoms with E-state index in [1.807, 2.05) is 60.4 Å². The number of carbonyl (C=O) groups excluding carboxylic acids is 1. The number of hydrogen-bond acceptors (Lipinski definition) is 4. The molecule has 1 atom stereocenters. The molecule has 2 heterocycles. The van der Waals surface area contributed by atoms with Crippen molar-refractivity contribution in [1.82, 2.24) is 15.1 Å². The molecule has 5 nitrogen and oxygen atoms in total. The molecule has 1 aromatic heterocycles. The zero-order valence-corrected chi connectivity index (χ0v) is 15.7. The molecule has 3 aromatic rings. The maximum Gasteiger partial charge on any atom is 0.253 e. The molecule has 0 spiro atoms. The third-order valence-corrected chi connectivity index (χ3v) is 5.12. The average molecular weight is 361 g/mol. The van der Waals surface area contributed by atoms with Crippen LogP contribution in [0.15, 0.2) is 52.9 Å². The van der Waals surface area contributed by atoms with E-state index in [1.165, 1.54) is 6.42 Å². The summed E-state index contributed by atoms with van der Waals surface area (Å²) in [6, 6.07) is 15.3. The van der Waals surface area contributed by atoms with Crippen molar-refractivity contribution in [3.05, 3.63) is 59.7 Å². The van der Waals surface area contributed by atoms with E-state index >= 15 is 0 Å². The Morgan fingerprint density at radius 1 is 1.07 bits per heavy atom. The lowest BCUT2D eigenvalue weighted by molar-refractivity contribution is 0.0683. The van der Waals surface area contributed by atoms with Gasteiger partial charge in [0, 0.05) is 29.8 Å². The summed E-state index contributed by atoms with van der Waals surface area (Å²) in [5.41, 5.74) is 3.53. The van der Waals surface area contributed by atoms with Gasteiger partial charge >= 0.3 is 0 Å². The van der Waals surface area contributed by atoms with Crippen LogP contribution in [0.5, 0.6) is 0 Å². The first-order valence-electron chi connectivity index (χ1n) is 9.41. The van der Waals surface area contributed by atoms with E-state index in [4.69, 9.17) is 4.42 Å². The Balaban J connectivity index is 1.53. The zero-order chi connectivity index (χ0) is 18.8. The number of benzene rings is 2. The van der Waals surface area contributed by atoms with Crippen LogP contribution in [-0.4, -0.2) is 34.1 Å². The van der Waals surface area contributed by atoms with E-state index in [-0.39, 0.29) is 5.91 Å². The molecular formula is C22H23N3O2. The van der Waals surface area contributed by atoms with Gasteiger partial charge < -0.3 is 9.32 Å². The number of hydrogen-bond donors (Lipinski definition) is 0. The summed E-state index contributed by atoms with van der Waals surface area (Å²) in [4.78, 5) is 14.6. The average Bonchev–Trinajstić information content (AvgIpc) is 3.18. The number of aryl methyl sites for hydroxylation is 1. The summed E-state index contributed by atoms with van der Waals surface area (Å²) < 4.78 is 5.85. The summed E-state index contributed by atoms with van der Waals surface area (Å²) in [6.07, 6.45) is 2.28. The van der Waals surface area contributed by atoms with Gasteiger partial charge in [0.05, 0.1) is 0 Å². The molecule has 1 aliphatic rings. The lowest BCUT2D eigenvalue weighted by atomic mass is 9.99. The third kappa shape index (κ3) is 3.63. The van der Waals surface area contributed by atoms with Crippen LogP contribution in [-0.2, 0) is 0 Å². The quantitative estimate of drug-likeness (QED) is 0.685. The molecular weight excluding hydrogens is 338 g/mol. The van der Waals surface area contributed by atoms with Gasteiger partial charge in [0.25, 0.3) is 5.91 Å². The minimum absolute atomic E-state index is 0.0965. The fourth-order valence-corrected chi connectivity index (χ4v) is 3.57. The van der Waals surface area contributed by atoms with E-state index in [2.05, 4.69) is 17.1 Å². The molecule has 1 amide bonds. The van der Waals surface area contributed by atoms with Crippen LogP contribution in [0.25, 0.3) is 22.9 Å². The number of likely N-dealkylation sites (tertiary alicyclic amines) is 1. The van der Waals surface area contributed by atoms with Crippen LogP contribution in [0.3, 0.4) is 0 Å². The number of carbonyl (C=O) groups is 1. The molecule has 1 aliphatic heterocycles. The second kappa shape index (κ2) is 7.35. The number of piperidine rings is 1. The fraction of sp³-hybridized carbons (Fsp3) is 0.318. The molecule has 4 rings (SSSR count). The molecule has 0 saturated carbocycles. The maximum absolute atomic E-state index is 12.7. The highest BCUT2D eigenvalue weighted by Gasteiger charge is 2.22. The Bertz CT molecular complexity index is 946. The van der Waals surface area contributed by atoms with Gasteiger partial charge in [-0.15, -0.1) is 10.2 Å². The van der Waals surface area contributed by atoms with E-state index in [0.29, 0.717) is 23.3 Å². The van der Waals surface area contributed by atoms with E-state index in [1.54, 1.807) is 0 Å². The summed E-state index contributed by atoms with van der Waals surface area (Å²) in [7, 11) is 0. The Morgan fingerprint density at radius 2 is 1.81 bits per heavy atom. The van der Waals surface area contributed by atoms with Gasteiger partial charge in [-0.2, -0.15) is 0 Å². The van der Waals surface area contributed by atoms with Crippen molar-refractivity contribution in [2.75, 3.05) is 13.1 Å². The van der Waals surface area contributed by atoms with Crippen molar-refractivity contribution in [3.8, 4) is 22.9 Å². The van der Waals surface area contributed by atoms with Crippen LogP contribution in [0.4, 0.5) is 0 Å². The highest BCUT2D eigenvalue weighted by Crippen LogP contribution is 2.26. The molecule has 0 aliphatic carbocycles. The van der Waals surface area contributed by atoms with Crippen LogP contribution < -0.4 is 0 Å². The van der Waals surface area contributed by atoms with Crippen molar-refractivity contribution in [1.29, 1.82) is 0 Å². The van der Waals surface area contributed by atoms with Gasteiger partial charge in [0.2, 0.25) is 11.8 Å². The fourth-order valence-electron chi connectivity index (χ4n) is 3.57. The SMILES string of the molecule is Cc1ccccc1-c1nnc(-c2ccc(C(=O)N3CCC[C@H](C)C3)cc2)o1. The third-order valence-electron chi connectivity index (χ3n) is 5.12. The Morgan fingerprint density at radius 3 is 2.56 bits per heavy atom. The number of amides is 1. The Labute approximate surface area is 159 Å². The largest absolute Gasteiger partial charge is 0.416 e. The first-order valence-corrected chi connectivity index (χ1v) is 9.41. The first kappa shape index (κ1) is 17.5. The van der Waals surface area contributed by atoms with Gasteiger partial charge in [0.15, 0.2) is 0 Å². The van der Waals surface area contributed by atoms with Crippen molar-refractivity contribution >= 4 is 5.91 Å². The number of aromatic nitrogens is 2. The molecule has 2 aromatic carbocycles. The van der Waals surface area contributed by atoms with Gasteiger partial charge in [0.1, 0.15) is 0 Å². The van der Waals surface area contributed by atoms with Crippen LogP contribution >= 0.6 is 0 Å². The second-order valence-electron chi connectivity index (χ2n) is 7.30. The molecule has 0 bridgehead atoms. The Hall–Kier alpha value is -2.95.